The summed E-state index contributed by atoms with van der Waals surface area (Å²) in [5, 5.41) is 17.6. The van der Waals surface area contributed by atoms with E-state index in [9.17, 15) is 9.59 Å². The molecule has 0 spiro atoms. The standard InChI is InChI=1S/C18H21N3O3S/c22-16(23)12-15-17(24)21(14-10-6-3-7-11-14)18(25-15)20-19-13-8-4-1-2-5-9-13/h3,6-7,10-11,15H,1-2,4-5,8-9,12H2,(H,22,23). The molecule has 132 valence electrons. The van der Waals surface area contributed by atoms with E-state index in [2.05, 4.69) is 10.2 Å². The summed E-state index contributed by atoms with van der Waals surface area (Å²) in [4.78, 5) is 25.2. The van der Waals surface area contributed by atoms with Crippen molar-refractivity contribution in [1.29, 1.82) is 0 Å². The molecule has 1 N–H and O–H groups in total. The van der Waals surface area contributed by atoms with Gasteiger partial charge in [0.25, 0.3) is 0 Å². The number of aliphatic carboxylic acids is 1. The molecule has 0 bridgehead atoms. The Kier molecular flexibility index (Phi) is 5.86. The highest BCUT2D eigenvalue weighted by atomic mass is 32.2. The summed E-state index contributed by atoms with van der Waals surface area (Å²) in [5.74, 6) is -1.24. The number of hydrogen-bond donors (Lipinski definition) is 1. The van der Waals surface area contributed by atoms with Crippen LogP contribution >= 0.6 is 11.8 Å². The first-order chi connectivity index (χ1) is 12.1. The van der Waals surface area contributed by atoms with E-state index in [1.807, 2.05) is 30.3 Å². The molecule has 2 aliphatic rings. The minimum Gasteiger partial charge on any atom is -0.481 e. The van der Waals surface area contributed by atoms with E-state index in [1.165, 1.54) is 29.5 Å². The minimum atomic E-state index is -0.991. The summed E-state index contributed by atoms with van der Waals surface area (Å²) < 4.78 is 0. The lowest BCUT2D eigenvalue weighted by Gasteiger charge is -2.15. The van der Waals surface area contributed by atoms with Gasteiger partial charge in [-0.15, -0.1) is 5.10 Å². The van der Waals surface area contributed by atoms with E-state index in [4.69, 9.17) is 5.11 Å². The van der Waals surface area contributed by atoms with Crippen LogP contribution in [0.15, 0.2) is 40.5 Å². The van der Waals surface area contributed by atoms with Crippen LogP contribution in [-0.2, 0) is 9.59 Å². The number of nitrogens with zero attached hydrogens (tertiary/aromatic N) is 3. The average molecular weight is 359 g/mol. The van der Waals surface area contributed by atoms with Gasteiger partial charge >= 0.3 is 5.97 Å². The van der Waals surface area contributed by atoms with Gasteiger partial charge in [-0.1, -0.05) is 42.8 Å². The maximum atomic E-state index is 12.7. The average Bonchev–Trinajstić information content (AvgIpc) is 2.78. The van der Waals surface area contributed by atoms with Gasteiger partial charge in [-0.25, -0.2) is 0 Å². The molecule has 1 aliphatic carbocycles. The third-order valence-electron chi connectivity index (χ3n) is 4.27. The maximum Gasteiger partial charge on any atom is 0.305 e. The molecule has 25 heavy (non-hydrogen) atoms. The Morgan fingerprint density at radius 2 is 1.80 bits per heavy atom. The first-order valence-corrected chi connectivity index (χ1v) is 9.44. The number of carbonyl (C=O) groups excluding carboxylic acids is 1. The zero-order valence-electron chi connectivity index (χ0n) is 13.9. The molecule has 1 saturated heterocycles. The van der Waals surface area contributed by atoms with Crippen molar-refractivity contribution < 1.29 is 14.7 Å². The van der Waals surface area contributed by atoms with Crippen molar-refractivity contribution >= 4 is 40.2 Å². The normalized spacial score (nSPS) is 23.0. The number of carboxylic acids is 1. The van der Waals surface area contributed by atoms with Crippen molar-refractivity contribution in [2.45, 2.75) is 50.2 Å². The van der Waals surface area contributed by atoms with Crippen LogP contribution in [0, 0.1) is 0 Å². The van der Waals surface area contributed by atoms with E-state index in [-0.39, 0.29) is 12.3 Å². The van der Waals surface area contributed by atoms with Gasteiger partial charge in [0.2, 0.25) is 5.91 Å². The monoisotopic (exact) mass is 359 g/mol. The largest absolute Gasteiger partial charge is 0.481 e. The fourth-order valence-electron chi connectivity index (χ4n) is 2.99. The van der Waals surface area contributed by atoms with E-state index < -0.39 is 11.2 Å². The van der Waals surface area contributed by atoms with Gasteiger partial charge in [0.1, 0.15) is 5.25 Å². The molecule has 2 fully saturated rings. The number of para-hydroxylation sites is 1. The van der Waals surface area contributed by atoms with E-state index in [0.29, 0.717) is 10.9 Å². The molecule has 0 radical (unpaired) electrons. The van der Waals surface area contributed by atoms with Gasteiger partial charge in [-0.05, 0) is 37.8 Å². The number of amidine groups is 1. The van der Waals surface area contributed by atoms with Gasteiger partial charge in [-0.2, -0.15) is 5.10 Å². The molecule has 1 atom stereocenters. The van der Waals surface area contributed by atoms with Crippen LogP contribution in [0.2, 0.25) is 0 Å². The van der Waals surface area contributed by atoms with Gasteiger partial charge in [0, 0.05) is 5.71 Å². The molecule has 1 aromatic carbocycles. The second kappa shape index (κ2) is 8.29. The highest BCUT2D eigenvalue weighted by Gasteiger charge is 2.40. The Morgan fingerprint density at radius 1 is 1.12 bits per heavy atom. The van der Waals surface area contributed by atoms with Crippen LogP contribution in [0.25, 0.3) is 0 Å². The number of hydrogen-bond acceptors (Lipinski definition) is 5. The fourth-order valence-corrected chi connectivity index (χ4v) is 4.06. The van der Waals surface area contributed by atoms with Crippen molar-refractivity contribution in [3.63, 3.8) is 0 Å². The van der Waals surface area contributed by atoms with Gasteiger partial charge < -0.3 is 5.11 Å². The number of benzene rings is 1. The zero-order valence-corrected chi connectivity index (χ0v) is 14.7. The summed E-state index contributed by atoms with van der Waals surface area (Å²) in [6, 6.07) is 9.18. The summed E-state index contributed by atoms with van der Waals surface area (Å²) in [6.07, 6.45) is 6.36. The Hall–Kier alpha value is -2.15. The van der Waals surface area contributed by atoms with Crippen molar-refractivity contribution in [3.05, 3.63) is 30.3 Å². The Labute approximate surface area is 151 Å². The Bertz CT molecular complexity index is 693. The summed E-state index contributed by atoms with van der Waals surface area (Å²) in [7, 11) is 0. The third-order valence-corrected chi connectivity index (χ3v) is 5.39. The predicted octanol–water partition coefficient (Wildman–Crippen LogP) is 3.68. The van der Waals surface area contributed by atoms with Crippen LogP contribution in [0.3, 0.4) is 0 Å². The lowest BCUT2D eigenvalue weighted by Crippen LogP contribution is -2.32. The SMILES string of the molecule is O=C(O)CC1SC(=NN=C2CCCCCC2)N(c2ccccc2)C1=O. The number of rotatable bonds is 4. The lowest BCUT2D eigenvalue weighted by molar-refractivity contribution is -0.138. The van der Waals surface area contributed by atoms with E-state index >= 15 is 0 Å². The molecule has 7 heteroatoms. The van der Waals surface area contributed by atoms with E-state index in [1.54, 1.807) is 0 Å². The molecule has 6 nitrogen and oxygen atoms in total. The molecular weight excluding hydrogens is 338 g/mol. The van der Waals surface area contributed by atoms with Crippen LogP contribution < -0.4 is 4.90 Å². The predicted molar refractivity (Wildman–Crippen MR) is 100 cm³/mol. The van der Waals surface area contributed by atoms with Crippen molar-refractivity contribution in [3.8, 4) is 0 Å². The molecule has 1 aromatic rings. The van der Waals surface area contributed by atoms with Gasteiger partial charge in [-0.3, -0.25) is 14.5 Å². The number of thioether (sulfide) groups is 1. The molecule has 1 unspecified atom stereocenters. The third kappa shape index (κ3) is 4.48. The lowest BCUT2D eigenvalue weighted by atomic mass is 10.2. The fraction of sp³-hybridized carbons (Fsp3) is 0.444. The highest BCUT2D eigenvalue weighted by Crippen LogP contribution is 2.33. The van der Waals surface area contributed by atoms with Crippen molar-refractivity contribution in [2.24, 2.45) is 10.2 Å². The summed E-state index contributed by atoms with van der Waals surface area (Å²) in [6.45, 7) is 0. The topological polar surface area (TPSA) is 82.3 Å². The zero-order chi connectivity index (χ0) is 17.6. The molecule has 1 amide bonds. The molecule has 1 saturated carbocycles. The van der Waals surface area contributed by atoms with Crippen LogP contribution in [0.5, 0.6) is 0 Å². The summed E-state index contributed by atoms with van der Waals surface area (Å²) in [5.41, 5.74) is 1.75. The second-order valence-corrected chi connectivity index (χ2v) is 7.35. The smallest absolute Gasteiger partial charge is 0.305 e. The minimum absolute atomic E-state index is 0.220. The van der Waals surface area contributed by atoms with Crippen LogP contribution in [0.4, 0.5) is 5.69 Å². The first kappa shape index (κ1) is 17.7. The van der Waals surface area contributed by atoms with Crippen molar-refractivity contribution in [2.75, 3.05) is 4.90 Å². The molecule has 0 aromatic heterocycles. The number of amides is 1. The Morgan fingerprint density at radius 3 is 2.44 bits per heavy atom. The summed E-state index contributed by atoms with van der Waals surface area (Å²) >= 11 is 1.18. The Balaban J connectivity index is 1.88. The second-order valence-electron chi connectivity index (χ2n) is 6.18. The van der Waals surface area contributed by atoms with E-state index in [0.717, 1.165) is 31.4 Å². The van der Waals surface area contributed by atoms with Crippen LogP contribution in [-0.4, -0.2) is 33.1 Å². The molecule has 1 aliphatic heterocycles. The van der Waals surface area contributed by atoms with Gasteiger partial charge in [0.15, 0.2) is 5.17 Å². The molecule has 3 rings (SSSR count). The van der Waals surface area contributed by atoms with Crippen LogP contribution in [0.1, 0.15) is 44.9 Å². The molecular formula is C18H21N3O3S. The molecule has 1 heterocycles. The number of anilines is 1. The van der Waals surface area contributed by atoms with Crippen molar-refractivity contribution in [1.82, 2.24) is 0 Å². The quantitative estimate of drug-likeness (QED) is 0.657. The highest BCUT2D eigenvalue weighted by molar-refractivity contribution is 8.16. The number of carbonyl (C=O) groups is 2. The number of carboxylic acid groups (broad SMARTS) is 1. The van der Waals surface area contributed by atoms with Gasteiger partial charge in [0.05, 0.1) is 12.1 Å². The maximum absolute atomic E-state index is 12.7. The first-order valence-electron chi connectivity index (χ1n) is 8.56.